The molecule has 1 aromatic heterocycles. The molecule has 2 nitrogen and oxygen atoms in total. The summed E-state index contributed by atoms with van der Waals surface area (Å²) in [5.74, 6) is -0.251. The molecule has 1 unspecified atom stereocenters. The summed E-state index contributed by atoms with van der Waals surface area (Å²) in [6.45, 7) is 1.04. The van der Waals surface area contributed by atoms with Gasteiger partial charge in [0.25, 0.3) is 0 Å². The smallest absolute Gasteiger partial charge is 0.156 e. The van der Waals surface area contributed by atoms with Crippen molar-refractivity contribution in [3.8, 4) is 11.3 Å². The second-order valence-corrected chi connectivity index (χ2v) is 5.71. The van der Waals surface area contributed by atoms with E-state index in [1.54, 1.807) is 6.07 Å². The summed E-state index contributed by atoms with van der Waals surface area (Å²) >= 11 is 0. The van der Waals surface area contributed by atoms with Gasteiger partial charge in [-0.1, -0.05) is 30.3 Å². The number of aromatic nitrogens is 1. The van der Waals surface area contributed by atoms with Crippen molar-refractivity contribution in [2.45, 2.75) is 12.6 Å². The average molecular weight is 298 g/mol. The molecular weight excluding hydrogens is 282 g/mol. The minimum atomic E-state index is -0.805. The third-order valence-electron chi connectivity index (χ3n) is 4.29. The number of anilines is 1. The number of rotatable bonds is 2. The highest BCUT2D eigenvalue weighted by Gasteiger charge is 2.25. The number of hydrogen-bond acceptors (Lipinski definition) is 1. The summed E-state index contributed by atoms with van der Waals surface area (Å²) in [6.07, 6.45) is -0.274. The Morgan fingerprint density at radius 1 is 1.05 bits per heavy atom. The minimum Gasteiger partial charge on any atom is -0.368 e. The fraction of sp³-hybridized carbons (Fsp3) is 0.222. The molecule has 0 aliphatic carbocycles. The predicted molar refractivity (Wildman–Crippen MR) is 85.4 cm³/mol. The van der Waals surface area contributed by atoms with Crippen molar-refractivity contribution in [1.82, 2.24) is 4.98 Å². The molecule has 0 amide bonds. The van der Waals surface area contributed by atoms with Crippen LogP contribution in [0.4, 0.5) is 14.5 Å². The Bertz CT molecular complexity index is 825. The van der Waals surface area contributed by atoms with Crippen molar-refractivity contribution < 1.29 is 8.78 Å². The van der Waals surface area contributed by atoms with E-state index in [0.717, 1.165) is 16.8 Å². The van der Waals surface area contributed by atoms with Gasteiger partial charge in [-0.3, -0.25) is 0 Å². The van der Waals surface area contributed by atoms with Crippen LogP contribution in [-0.2, 0) is 0 Å². The van der Waals surface area contributed by atoms with Crippen LogP contribution in [0.3, 0.4) is 0 Å². The standard InChI is InChI=1S/C18H16F2N2/c19-12-9-10-22(11-12)16-8-4-2-6-14(16)18-17(20)13-5-1-3-7-15(13)21-18/h1-8,12,21H,9-11H2. The zero-order valence-electron chi connectivity index (χ0n) is 12.0. The van der Waals surface area contributed by atoms with Crippen molar-refractivity contribution in [1.29, 1.82) is 0 Å². The Hall–Kier alpha value is -2.36. The van der Waals surface area contributed by atoms with E-state index in [4.69, 9.17) is 0 Å². The van der Waals surface area contributed by atoms with E-state index < -0.39 is 6.17 Å². The number of fused-ring (bicyclic) bond motifs is 1. The summed E-state index contributed by atoms with van der Waals surface area (Å²) in [5, 5.41) is 0.581. The summed E-state index contributed by atoms with van der Waals surface area (Å²) < 4.78 is 28.3. The number of nitrogens with one attached hydrogen (secondary N) is 1. The number of nitrogens with zero attached hydrogens (tertiary/aromatic N) is 1. The van der Waals surface area contributed by atoms with Gasteiger partial charge in [-0.25, -0.2) is 8.78 Å². The molecule has 1 aliphatic heterocycles. The van der Waals surface area contributed by atoms with Crippen LogP contribution >= 0.6 is 0 Å². The first-order valence-corrected chi connectivity index (χ1v) is 7.48. The molecule has 2 heterocycles. The van der Waals surface area contributed by atoms with Crippen molar-refractivity contribution in [2.24, 2.45) is 0 Å². The number of halogens is 2. The summed E-state index contributed by atoms with van der Waals surface area (Å²) in [5.41, 5.74) is 2.91. The zero-order chi connectivity index (χ0) is 15.1. The SMILES string of the molecule is Fc1c(-c2ccccc2N2CCC(F)C2)[nH]c2ccccc12. The van der Waals surface area contributed by atoms with Gasteiger partial charge in [-0.05, 0) is 24.6 Å². The molecule has 1 fully saturated rings. The number of hydrogen-bond donors (Lipinski definition) is 1. The summed E-state index contributed by atoms with van der Waals surface area (Å²) in [4.78, 5) is 5.15. The third-order valence-corrected chi connectivity index (χ3v) is 4.29. The van der Waals surface area contributed by atoms with Gasteiger partial charge in [0.2, 0.25) is 0 Å². The molecule has 1 saturated heterocycles. The maximum absolute atomic E-state index is 14.7. The Morgan fingerprint density at radius 3 is 2.59 bits per heavy atom. The maximum Gasteiger partial charge on any atom is 0.156 e. The van der Waals surface area contributed by atoms with Crippen LogP contribution < -0.4 is 4.90 Å². The van der Waals surface area contributed by atoms with Crippen LogP contribution in [0, 0.1) is 5.82 Å². The van der Waals surface area contributed by atoms with Crippen LogP contribution in [0.25, 0.3) is 22.2 Å². The van der Waals surface area contributed by atoms with Gasteiger partial charge in [0.05, 0.1) is 5.69 Å². The summed E-state index contributed by atoms with van der Waals surface area (Å²) in [6, 6.07) is 14.9. The number of benzene rings is 2. The van der Waals surface area contributed by atoms with Gasteiger partial charge in [-0.2, -0.15) is 0 Å². The molecular formula is C18H16F2N2. The Morgan fingerprint density at radius 2 is 1.82 bits per heavy atom. The average Bonchev–Trinajstić information content (AvgIpc) is 3.12. The van der Waals surface area contributed by atoms with Crippen LogP contribution in [0.15, 0.2) is 48.5 Å². The van der Waals surface area contributed by atoms with E-state index in [-0.39, 0.29) is 5.82 Å². The molecule has 0 spiro atoms. The van der Waals surface area contributed by atoms with Crippen molar-refractivity contribution in [3.63, 3.8) is 0 Å². The number of para-hydroxylation sites is 2. The quantitative estimate of drug-likeness (QED) is 0.737. The molecule has 0 saturated carbocycles. The second kappa shape index (κ2) is 5.13. The van der Waals surface area contributed by atoms with E-state index in [9.17, 15) is 8.78 Å². The lowest BCUT2D eigenvalue weighted by molar-refractivity contribution is 0.364. The van der Waals surface area contributed by atoms with Gasteiger partial charge < -0.3 is 9.88 Å². The van der Waals surface area contributed by atoms with Crippen LogP contribution in [0.1, 0.15) is 6.42 Å². The van der Waals surface area contributed by atoms with Crippen molar-refractivity contribution in [2.75, 3.05) is 18.0 Å². The Labute approximate surface area is 127 Å². The summed E-state index contributed by atoms with van der Waals surface area (Å²) in [7, 11) is 0. The molecule has 0 radical (unpaired) electrons. The molecule has 4 heteroatoms. The number of aromatic amines is 1. The van der Waals surface area contributed by atoms with E-state index in [0.29, 0.717) is 30.6 Å². The minimum absolute atomic E-state index is 0.251. The van der Waals surface area contributed by atoms with Gasteiger partial charge >= 0.3 is 0 Å². The van der Waals surface area contributed by atoms with Gasteiger partial charge in [0.15, 0.2) is 5.82 Å². The lowest BCUT2D eigenvalue weighted by Crippen LogP contribution is -2.20. The van der Waals surface area contributed by atoms with E-state index in [1.807, 2.05) is 47.4 Å². The molecule has 1 N–H and O–H groups in total. The third kappa shape index (κ3) is 2.06. The van der Waals surface area contributed by atoms with E-state index >= 15 is 0 Å². The van der Waals surface area contributed by atoms with Gasteiger partial charge in [-0.15, -0.1) is 0 Å². The first-order valence-electron chi connectivity index (χ1n) is 7.48. The van der Waals surface area contributed by atoms with Crippen molar-refractivity contribution >= 4 is 16.6 Å². The van der Waals surface area contributed by atoms with Crippen LogP contribution in [0.2, 0.25) is 0 Å². The highest BCUT2D eigenvalue weighted by molar-refractivity contribution is 5.90. The maximum atomic E-state index is 14.7. The molecule has 112 valence electrons. The number of alkyl halides is 1. The molecule has 1 aliphatic rings. The van der Waals surface area contributed by atoms with E-state index in [1.165, 1.54) is 0 Å². The topological polar surface area (TPSA) is 19.0 Å². The normalized spacial score (nSPS) is 18.3. The predicted octanol–water partition coefficient (Wildman–Crippen LogP) is 4.52. The van der Waals surface area contributed by atoms with Crippen LogP contribution in [0.5, 0.6) is 0 Å². The number of H-pyrrole nitrogens is 1. The lowest BCUT2D eigenvalue weighted by Gasteiger charge is -2.20. The zero-order valence-corrected chi connectivity index (χ0v) is 12.0. The molecule has 0 bridgehead atoms. The highest BCUT2D eigenvalue weighted by Crippen LogP contribution is 2.36. The molecule has 22 heavy (non-hydrogen) atoms. The lowest BCUT2D eigenvalue weighted by atomic mass is 10.1. The largest absolute Gasteiger partial charge is 0.368 e. The van der Waals surface area contributed by atoms with Crippen molar-refractivity contribution in [3.05, 3.63) is 54.3 Å². The monoisotopic (exact) mass is 298 g/mol. The fourth-order valence-electron chi connectivity index (χ4n) is 3.19. The second-order valence-electron chi connectivity index (χ2n) is 5.71. The first-order chi connectivity index (χ1) is 10.7. The van der Waals surface area contributed by atoms with Gasteiger partial charge in [0.1, 0.15) is 6.17 Å². The highest BCUT2D eigenvalue weighted by atomic mass is 19.1. The Kier molecular flexibility index (Phi) is 3.10. The van der Waals surface area contributed by atoms with Gasteiger partial charge in [0, 0.05) is 35.2 Å². The van der Waals surface area contributed by atoms with Crippen LogP contribution in [-0.4, -0.2) is 24.2 Å². The first kappa shape index (κ1) is 13.3. The Balaban J connectivity index is 1.86. The molecule has 3 aromatic rings. The fourth-order valence-corrected chi connectivity index (χ4v) is 3.19. The van der Waals surface area contributed by atoms with E-state index in [2.05, 4.69) is 4.98 Å². The molecule has 1 atom stereocenters. The molecule has 2 aromatic carbocycles. The molecule has 4 rings (SSSR count).